The Labute approximate surface area is 409 Å². The summed E-state index contributed by atoms with van der Waals surface area (Å²) < 4.78 is 42.9. The third-order valence-corrected chi connectivity index (χ3v) is 16.0. The van der Waals surface area contributed by atoms with Crippen LogP contribution >= 0.6 is 45.3 Å². The van der Waals surface area contributed by atoms with Crippen LogP contribution in [-0.2, 0) is 9.47 Å². The number of thiophene rings is 2. The van der Waals surface area contributed by atoms with Crippen molar-refractivity contribution in [3.05, 3.63) is 99.4 Å². The predicted octanol–water partition coefficient (Wildman–Crippen LogP) is 14.5. The number of fused-ring (bicyclic) bond motifs is 4. The molecule has 1 saturated heterocycles. The summed E-state index contributed by atoms with van der Waals surface area (Å²) in [5, 5.41) is 8.31. The van der Waals surface area contributed by atoms with Crippen LogP contribution < -0.4 is 10.6 Å². The average molecular weight is 995 g/mol. The van der Waals surface area contributed by atoms with E-state index in [9.17, 15) is 18.4 Å². The minimum Gasteiger partial charge on any atom is -0.444 e. The number of rotatable bonds is 6. The Balaban J connectivity index is 0.000000170. The van der Waals surface area contributed by atoms with Gasteiger partial charge in [0.2, 0.25) is 0 Å². The molecule has 0 radical (unpaired) electrons. The van der Waals surface area contributed by atoms with E-state index in [1.54, 1.807) is 63.1 Å². The molecule has 2 aliphatic rings. The number of halogens is 2. The number of nitrogens with one attached hydrogen (secondary N) is 2. The molecule has 354 valence electrons. The lowest BCUT2D eigenvalue weighted by Gasteiger charge is -2.36. The lowest BCUT2D eigenvalue weighted by Crippen LogP contribution is -2.47. The Bertz CT molecular complexity index is 3240. The van der Waals surface area contributed by atoms with Gasteiger partial charge in [-0.3, -0.25) is 4.90 Å². The number of carbonyl (C=O) groups excluding carboxylic acids is 2. The fourth-order valence-corrected chi connectivity index (χ4v) is 12.7. The molecule has 0 aliphatic carbocycles. The van der Waals surface area contributed by atoms with Crippen molar-refractivity contribution in [1.82, 2.24) is 29.7 Å². The highest BCUT2D eigenvalue weighted by Crippen LogP contribution is 2.48. The van der Waals surface area contributed by atoms with E-state index in [2.05, 4.69) is 62.6 Å². The highest BCUT2D eigenvalue weighted by molar-refractivity contribution is 7.20. The number of carbonyl (C=O) groups is 2. The zero-order valence-corrected chi connectivity index (χ0v) is 42.7. The maximum atomic E-state index is 15.0. The van der Waals surface area contributed by atoms with E-state index in [0.717, 1.165) is 63.0 Å². The minimum absolute atomic E-state index is 0.148. The maximum absolute atomic E-state index is 15.0. The molecule has 10 rings (SSSR count). The summed E-state index contributed by atoms with van der Waals surface area (Å²) in [6.07, 6.45) is 5.74. The minimum atomic E-state index is -0.561. The van der Waals surface area contributed by atoms with Crippen molar-refractivity contribution in [2.75, 3.05) is 23.7 Å². The molecule has 6 aromatic heterocycles. The number of thiazole rings is 2. The van der Waals surface area contributed by atoms with Crippen LogP contribution in [0.5, 0.6) is 0 Å². The van der Waals surface area contributed by atoms with Gasteiger partial charge < -0.3 is 25.0 Å². The SMILES string of the molecule is CC(C)(C)OC(=O)N1CC=C(c2cc3c(Nc4ccc5scnc5c4F)ccnc3s2)C1(C)C.CC(C)(C)OC(=O)N1CCC(c2cc3c(Nc4ccc5scnc5c4F)ccnc3s2)C1(C)C. The van der Waals surface area contributed by atoms with Crippen molar-refractivity contribution in [3.8, 4) is 0 Å². The summed E-state index contributed by atoms with van der Waals surface area (Å²) in [5.41, 5.74) is 5.35. The first-order chi connectivity index (χ1) is 32.1. The van der Waals surface area contributed by atoms with Crippen molar-refractivity contribution in [2.24, 2.45) is 0 Å². The molecular formula is C50H52F2N8O4S4. The molecule has 2 aromatic carbocycles. The Hall–Kier alpha value is -5.82. The molecule has 1 fully saturated rings. The third kappa shape index (κ3) is 9.10. The van der Waals surface area contributed by atoms with Crippen LogP contribution in [0.1, 0.15) is 91.3 Å². The summed E-state index contributed by atoms with van der Waals surface area (Å²) >= 11 is 6.00. The highest BCUT2D eigenvalue weighted by atomic mass is 32.1. The van der Waals surface area contributed by atoms with Crippen molar-refractivity contribution in [3.63, 3.8) is 0 Å². The van der Waals surface area contributed by atoms with E-state index >= 15 is 0 Å². The molecule has 0 spiro atoms. The standard InChI is InChI=1S/C25H27FN4O2S2.C25H25FN4O2S2/c2*1-24(2,3)32-23(31)30-11-9-15(25(30,4)5)19-12-14-16(8-10-27-22(14)34-19)29-17-6-7-18-21(20(17)26)28-13-33-18/h6-8,10,12-13,15H,9,11H2,1-5H3,(H,27,29);6-10,12-13H,11H2,1-5H3,(H,27,29). The van der Waals surface area contributed by atoms with Crippen molar-refractivity contribution >= 4 is 127 Å². The maximum Gasteiger partial charge on any atom is 0.411 e. The fraction of sp³-hybridized carbons (Fsp3) is 0.360. The van der Waals surface area contributed by atoms with Crippen LogP contribution in [0.2, 0.25) is 0 Å². The smallest absolute Gasteiger partial charge is 0.411 e. The molecule has 68 heavy (non-hydrogen) atoms. The normalized spacial score (nSPS) is 16.9. The Morgan fingerprint density at radius 3 is 1.75 bits per heavy atom. The Morgan fingerprint density at radius 1 is 0.691 bits per heavy atom. The first kappa shape index (κ1) is 47.3. The topological polar surface area (TPSA) is 135 Å². The van der Waals surface area contributed by atoms with Gasteiger partial charge in [0, 0.05) is 57.5 Å². The van der Waals surface area contributed by atoms with Crippen LogP contribution in [-0.4, -0.2) is 77.3 Å². The number of ether oxygens (including phenoxy) is 2. The fourth-order valence-electron chi connectivity index (χ4n) is 8.75. The first-order valence-corrected chi connectivity index (χ1v) is 25.5. The van der Waals surface area contributed by atoms with Gasteiger partial charge in [-0.2, -0.15) is 0 Å². The van der Waals surface area contributed by atoms with E-state index < -0.39 is 22.3 Å². The van der Waals surface area contributed by atoms with E-state index in [0.29, 0.717) is 35.5 Å². The number of pyridine rings is 2. The van der Waals surface area contributed by atoms with Crippen LogP contribution in [0.3, 0.4) is 0 Å². The number of amides is 2. The van der Waals surface area contributed by atoms with E-state index in [1.165, 1.54) is 22.7 Å². The molecule has 0 bridgehead atoms. The third-order valence-electron chi connectivity index (χ3n) is 12.1. The number of hydrogen-bond acceptors (Lipinski definition) is 14. The highest BCUT2D eigenvalue weighted by Gasteiger charge is 2.47. The monoisotopic (exact) mass is 994 g/mol. The van der Waals surface area contributed by atoms with Gasteiger partial charge in [-0.1, -0.05) is 6.08 Å². The number of benzene rings is 2. The molecule has 0 saturated carbocycles. The van der Waals surface area contributed by atoms with Gasteiger partial charge >= 0.3 is 12.2 Å². The van der Waals surface area contributed by atoms with Gasteiger partial charge in [-0.25, -0.2) is 38.3 Å². The van der Waals surface area contributed by atoms with E-state index in [1.807, 2.05) is 84.6 Å². The molecule has 2 amide bonds. The molecule has 2 aliphatic heterocycles. The summed E-state index contributed by atoms with van der Waals surface area (Å²) in [6.45, 7) is 20.6. The Kier molecular flexibility index (Phi) is 12.2. The van der Waals surface area contributed by atoms with E-state index in [4.69, 9.17) is 9.47 Å². The molecule has 2 N–H and O–H groups in total. The molecule has 8 heterocycles. The van der Waals surface area contributed by atoms with Crippen molar-refractivity contribution < 1.29 is 27.8 Å². The van der Waals surface area contributed by atoms with Gasteiger partial charge in [-0.15, -0.1) is 45.3 Å². The van der Waals surface area contributed by atoms with E-state index in [-0.39, 0.29) is 29.7 Å². The largest absolute Gasteiger partial charge is 0.444 e. The molecule has 12 nitrogen and oxygen atoms in total. The second kappa shape index (κ2) is 17.6. The first-order valence-electron chi connectivity index (χ1n) is 22.2. The van der Waals surface area contributed by atoms with Gasteiger partial charge in [-0.05, 0) is 130 Å². The van der Waals surface area contributed by atoms with Crippen molar-refractivity contribution in [2.45, 2.75) is 104 Å². The molecule has 8 aromatic rings. The van der Waals surface area contributed by atoms with Crippen LogP contribution in [0.4, 0.5) is 41.1 Å². The molecule has 1 atom stereocenters. The summed E-state index contributed by atoms with van der Waals surface area (Å²) in [7, 11) is 0. The van der Waals surface area contributed by atoms with Gasteiger partial charge in [0.05, 0.1) is 48.7 Å². The van der Waals surface area contributed by atoms with Gasteiger partial charge in [0.25, 0.3) is 0 Å². The number of nitrogens with zero attached hydrogens (tertiary/aromatic N) is 6. The van der Waals surface area contributed by atoms with Crippen molar-refractivity contribution in [1.29, 1.82) is 0 Å². The molecule has 18 heteroatoms. The number of likely N-dealkylation sites (tertiary alicyclic amines) is 1. The number of anilines is 4. The van der Waals surface area contributed by atoms with Gasteiger partial charge in [0.1, 0.15) is 31.9 Å². The summed E-state index contributed by atoms with van der Waals surface area (Å²) in [4.78, 5) is 50.5. The summed E-state index contributed by atoms with van der Waals surface area (Å²) in [5.74, 6) is -0.578. The molecule has 1 unspecified atom stereocenters. The van der Waals surface area contributed by atoms with Crippen LogP contribution in [0.25, 0.3) is 46.4 Å². The quantitative estimate of drug-likeness (QED) is 0.166. The number of aromatic nitrogens is 4. The van der Waals surface area contributed by atoms with Crippen LogP contribution in [0.15, 0.2) is 78.0 Å². The van der Waals surface area contributed by atoms with Crippen LogP contribution in [0, 0.1) is 11.6 Å². The average Bonchev–Trinajstić information content (AvgIpc) is 4.11. The Morgan fingerprint density at radius 2 is 1.21 bits per heavy atom. The zero-order valence-electron chi connectivity index (χ0n) is 39.4. The second-order valence-electron chi connectivity index (χ2n) is 19.8. The lowest BCUT2D eigenvalue weighted by atomic mass is 9.87. The zero-order chi connectivity index (χ0) is 48.5. The second-order valence-corrected chi connectivity index (χ2v) is 23.7. The predicted molar refractivity (Wildman–Crippen MR) is 274 cm³/mol. The van der Waals surface area contributed by atoms with Gasteiger partial charge in [0.15, 0.2) is 11.6 Å². The molecular weight excluding hydrogens is 943 g/mol. The summed E-state index contributed by atoms with van der Waals surface area (Å²) in [6, 6.07) is 15.1. The lowest BCUT2D eigenvalue weighted by molar-refractivity contribution is 0.0117. The number of hydrogen-bond donors (Lipinski definition) is 2.